The Kier molecular flexibility index (Phi) is 9.80. The molecule has 0 spiro atoms. The molecule has 230 valence electrons. The predicted octanol–water partition coefficient (Wildman–Crippen LogP) is 3.18. The van der Waals surface area contributed by atoms with E-state index in [1.807, 2.05) is 30.3 Å². The predicted molar refractivity (Wildman–Crippen MR) is 150 cm³/mol. The van der Waals surface area contributed by atoms with Gasteiger partial charge < -0.3 is 28.7 Å². The van der Waals surface area contributed by atoms with Crippen LogP contribution < -0.4 is 4.90 Å². The van der Waals surface area contributed by atoms with Gasteiger partial charge in [-0.2, -0.15) is 0 Å². The van der Waals surface area contributed by atoms with Crippen LogP contribution in [0.1, 0.15) is 56.5 Å². The molecule has 2 aliphatic rings. The van der Waals surface area contributed by atoms with Crippen molar-refractivity contribution in [3.05, 3.63) is 65.5 Å². The largest absolute Gasteiger partial charge is 0.459 e. The van der Waals surface area contributed by atoms with E-state index in [-0.39, 0.29) is 37.6 Å². The maximum atomic E-state index is 14.9. The average Bonchev–Trinajstić information content (AvgIpc) is 3.44. The van der Waals surface area contributed by atoms with Gasteiger partial charge in [0, 0.05) is 31.3 Å². The van der Waals surface area contributed by atoms with Gasteiger partial charge in [-0.25, -0.2) is 14.0 Å². The lowest BCUT2D eigenvalue weighted by Gasteiger charge is -2.35. The Morgan fingerprint density at radius 1 is 1.07 bits per heavy atom. The monoisotopic (exact) mass is 598 g/mol. The van der Waals surface area contributed by atoms with Gasteiger partial charge in [0.1, 0.15) is 24.1 Å². The molecule has 2 fully saturated rings. The molecular weight excluding hydrogens is 563 g/mol. The first-order valence-electron chi connectivity index (χ1n) is 14.0. The SMILES string of the molecule is CC(=O)O[C@@H](C(=O)OC(C)(C)C)[C@H]1OCCN(c2cc(F)cc(C(=O)N3CCC[C@H]3C(=O)OCc3ccccc3)c2)C1=O. The van der Waals surface area contributed by atoms with Crippen LogP contribution in [0.4, 0.5) is 10.1 Å². The van der Waals surface area contributed by atoms with Crippen molar-refractivity contribution in [1.82, 2.24) is 4.90 Å². The summed E-state index contributed by atoms with van der Waals surface area (Å²) in [7, 11) is 0. The Morgan fingerprint density at radius 2 is 1.79 bits per heavy atom. The summed E-state index contributed by atoms with van der Waals surface area (Å²) < 4.78 is 36.3. The van der Waals surface area contributed by atoms with Crippen LogP contribution in [-0.2, 0) is 44.7 Å². The zero-order valence-corrected chi connectivity index (χ0v) is 24.5. The van der Waals surface area contributed by atoms with Gasteiger partial charge in [0.2, 0.25) is 6.10 Å². The highest BCUT2D eigenvalue weighted by molar-refractivity contribution is 6.03. The van der Waals surface area contributed by atoms with Crippen LogP contribution in [0.5, 0.6) is 0 Å². The van der Waals surface area contributed by atoms with Gasteiger partial charge in [-0.05, 0) is 57.4 Å². The average molecular weight is 599 g/mol. The Labute approximate surface area is 248 Å². The highest BCUT2D eigenvalue weighted by Crippen LogP contribution is 2.28. The van der Waals surface area contributed by atoms with E-state index in [0.29, 0.717) is 12.8 Å². The minimum absolute atomic E-state index is 0.0221. The van der Waals surface area contributed by atoms with E-state index in [1.165, 1.54) is 11.0 Å². The zero-order valence-electron chi connectivity index (χ0n) is 24.5. The van der Waals surface area contributed by atoms with Crippen molar-refractivity contribution in [3.63, 3.8) is 0 Å². The number of carbonyl (C=O) groups is 5. The molecule has 4 rings (SSSR count). The number of hydrogen-bond acceptors (Lipinski definition) is 9. The van der Waals surface area contributed by atoms with Crippen molar-refractivity contribution >= 4 is 35.4 Å². The molecule has 2 aromatic rings. The molecule has 2 heterocycles. The van der Waals surface area contributed by atoms with Crippen molar-refractivity contribution in [2.24, 2.45) is 0 Å². The first kappa shape index (κ1) is 31.6. The summed E-state index contributed by atoms with van der Waals surface area (Å²) in [6.07, 6.45) is -2.30. The summed E-state index contributed by atoms with van der Waals surface area (Å²) in [6, 6.07) is 11.7. The quantitative estimate of drug-likeness (QED) is 0.332. The molecule has 2 aromatic carbocycles. The number of ether oxygens (including phenoxy) is 4. The summed E-state index contributed by atoms with van der Waals surface area (Å²) in [5.74, 6) is -4.53. The van der Waals surface area contributed by atoms with Crippen LogP contribution in [0.2, 0.25) is 0 Å². The molecule has 0 aromatic heterocycles. The van der Waals surface area contributed by atoms with Gasteiger partial charge >= 0.3 is 17.9 Å². The Bertz CT molecular complexity index is 1380. The molecule has 0 N–H and O–H groups in total. The third-order valence-corrected chi connectivity index (χ3v) is 6.78. The van der Waals surface area contributed by atoms with Crippen molar-refractivity contribution < 1.29 is 47.3 Å². The van der Waals surface area contributed by atoms with Crippen LogP contribution in [0.3, 0.4) is 0 Å². The number of anilines is 1. The first-order valence-corrected chi connectivity index (χ1v) is 14.0. The molecule has 43 heavy (non-hydrogen) atoms. The number of morpholine rings is 1. The van der Waals surface area contributed by atoms with Gasteiger partial charge in [0.25, 0.3) is 11.8 Å². The topological polar surface area (TPSA) is 129 Å². The molecule has 0 aliphatic carbocycles. The summed E-state index contributed by atoms with van der Waals surface area (Å²) >= 11 is 0. The van der Waals surface area contributed by atoms with Gasteiger partial charge in [-0.3, -0.25) is 14.4 Å². The van der Waals surface area contributed by atoms with Crippen LogP contribution in [0.15, 0.2) is 48.5 Å². The molecule has 12 heteroatoms. The third-order valence-electron chi connectivity index (χ3n) is 6.78. The van der Waals surface area contributed by atoms with E-state index < -0.39 is 59.4 Å². The number of halogens is 1. The molecule has 0 bridgehead atoms. The maximum absolute atomic E-state index is 14.9. The van der Waals surface area contributed by atoms with Gasteiger partial charge in [0.05, 0.1) is 6.61 Å². The highest BCUT2D eigenvalue weighted by atomic mass is 19.1. The normalized spacial score (nSPS) is 19.5. The van der Waals surface area contributed by atoms with Crippen LogP contribution >= 0.6 is 0 Å². The van der Waals surface area contributed by atoms with E-state index in [9.17, 15) is 28.4 Å². The number of hydrogen-bond donors (Lipinski definition) is 0. The number of amides is 2. The highest BCUT2D eigenvalue weighted by Gasteiger charge is 2.45. The van der Waals surface area contributed by atoms with Gasteiger partial charge in [-0.15, -0.1) is 0 Å². The van der Waals surface area contributed by atoms with Gasteiger partial charge in [-0.1, -0.05) is 30.3 Å². The molecule has 2 saturated heterocycles. The lowest BCUT2D eigenvalue weighted by molar-refractivity contribution is -0.188. The van der Waals surface area contributed by atoms with Crippen molar-refractivity contribution in [2.45, 2.75) is 71.0 Å². The number of likely N-dealkylation sites (tertiary alicyclic amines) is 1. The summed E-state index contributed by atoms with van der Waals surface area (Å²) in [5.41, 5.74) is -0.170. The Balaban J connectivity index is 1.53. The standard InChI is InChI=1S/C31H35FN2O9/c1-19(35)42-26(30(39)43-31(2,3)4)25-28(37)33(13-14-40-25)23-16-21(15-22(32)17-23)27(36)34-12-8-11-24(34)29(38)41-18-20-9-6-5-7-10-20/h5-7,9-10,15-17,24-26H,8,11-14,18H2,1-4H3/t24-,25+,26+/m0/s1. The third kappa shape index (κ3) is 7.95. The molecular formula is C31H35FN2O9. The van der Waals surface area contributed by atoms with Gasteiger partial charge in [0.15, 0.2) is 6.10 Å². The summed E-state index contributed by atoms with van der Waals surface area (Å²) in [6.45, 7) is 6.16. The zero-order chi connectivity index (χ0) is 31.3. The van der Waals surface area contributed by atoms with Crippen molar-refractivity contribution in [2.75, 3.05) is 24.6 Å². The summed E-state index contributed by atoms with van der Waals surface area (Å²) in [5, 5.41) is 0. The molecule has 2 aliphatic heterocycles. The number of carbonyl (C=O) groups excluding carboxylic acids is 5. The molecule has 0 unspecified atom stereocenters. The molecule has 3 atom stereocenters. The first-order chi connectivity index (χ1) is 20.3. The maximum Gasteiger partial charge on any atom is 0.351 e. The molecule has 0 saturated carbocycles. The smallest absolute Gasteiger partial charge is 0.351 e. The van der Waals surface area contributed by atoms with Crippen LogP contribution in [0.25, 0.3) is 0 Å². The fourth-order valence-corrected chi connectivity index (χ4v) is 4.95. The summed E-state index contributed by atoms with van der Waals surface area (Å²) in [4.78, 5) is 67.0. The lowest BCUT2D eigenvalue weighted by Crippen LogP contribution is -2.56. The van der Waals surface area contributed by atoms with E-state index in [0.717, 1.165) is 29.5 Å². The fraction of sp³-hybridized carbons (Fsp3) is 0.452. The Hall–Kier alpha value is -4.32. The van der Waals surface area contributed by atoms with Crippen molar-refractivity contribution in [3.8, 4) is 0 Å². The van der Waals surface area contributed by atoms with E-state index in [1.54, 1.807) is 20.8 Å². The second-order valence-corrected chi connectivity index (χ2v) is 11.3. The minimum atomic E-state index is -1.70. The molecule has 11 nitrogen and oxygen atoms in total. The Morgan fingerprint density at radius 3 is 2.47 bits per heavy atom. The van der Waals surface area contributed by atoms with E-state index in [2.05, 4.69) is 0 Å². The van der Waals surface area contributed by atoms with Crippen LogP contribution in [0, 0.1) is 5.82 Å². The van der Waals surface area contributed by atoms with E-state index >= 15 is 0 Å². The number of nitrogens with zero attached hydrogens (tertiary/aromatic N) is 2. The number of benzene rings is 2. The second kappa shape index (κ2) is 13.3. The molecule has 0 radical (unpaired) electrons. The number of esters is 3. The van der Waals surface area contributed by atoms with Crippen LogP contribution in [-0.4, -0.2) is 78.2 Å². The number of rotatable bonds is 8. The van der Waals surface area contributed by atoms with E-state index in [4.69, 9.17) is 18.9 Å². The minimum Gasteiger partial charge on any atom is -0.459 e. The van der Waals surface area contributed by atoms with Crippen molar-refractivity contribution in [1.29, 1.82) is 0 Å². The second-order valence-electron chi connectivity index (χ2n) is 11.3. The lowest BCUT2D eigenvalue weighted by atomic mass is 10.1. The fourth-order valence-electron chi connectivity index (χ4n) is 4.95. The molecule has 2 amide bonds.